The molecule has 0 atom stereocenters. The molecule has 0 aliphatic heterocycles. The van der Waals surface area contributed by atoms with Crippen LogP contribution in [0, 0.1) is 10.1 Å². The predicted molar refractivity (Wildman–Crippen MR) is 61.6 cm³/mol. The predicted octanol–water partition coefficient (Wildman–Crippen LogP) is 1.26. The highest BCUT2D eigenvalue weighted by atomic mass is 16.6. The van der Waals surface area contributed by atoms with E-state index in [9.17, 15) is 10.1 Å². The van der Waals surface area contributed by atoms with Gasteiger partial charge in [-0.15, -0.1) is 0 Å². The SMILES string of the molecule is COC.O=[N+]([O-])c1cccc(NCCO)c1. The maximum Gasteiger partial charge on any atom is 0.271 e. The van der Waals surface area contributed by atoms with Crippen LogP contribution in [0.25, 0.3) is 0 Å². The summed E-state index contributed by atoms with van der Waals surface area (Å²) < 4.78 is 4.25. The van der Waals surface area contributed by atoms with Gasteiger partial charge in [-0.3, -0.25) is 10.1 Å². The number of ether oxygens (including phenoxy) is 1. The van der Waals surface area contributed by atoms with E-state index in [-0.39, 0.29) is 12.3 Å². The molecule has 6 nitrogen and oxygen atoms in total. The van der Waals surface area contributed by atoms with Gasteiger partial charge in [-0.25, -0.2) is 0 Å². The van der Waals surface area contributed by atoms with Gasteiger partial charge in [0.15, 0.2) is 0 Å². The Morgan fingerprint density at radius 3 is 2.62 bits per heavy atom. The van der Waals surface area contributed by atoms with E-state index in [0.29, 0.717) is 12.2 Å². The number of non-ortho nitro benzene ring substituents is 1. The van der Waals surface area contributed by atoms with Crippen LogP contribution in [0.4, 0.5) is 11.4 Å². The maximum atomic E-state index is 10.4. The van der Waals surface area contributed by atoms with Crippen molar-refractivity contribution in [2.75, 3.05) is 32.7 Å². The lowest BCUT2D eigenvalue weighted by Crippen LogP contribution is -2.05. The molecule has 16 heavy (non-hydrogen) atoms. The lowest BCUT2D eigenvalue weighted by atomic mass is 10.3. The number of rotatable bonds is 4. The summed E-state index contributed by atoms with van der Waals surface area (Å²) in [7, 11) is 3.25. The number of nitro benzene ring substituents is 1. The van der Waals surface area contributed by atoms with Gasteiger partial charge in [0, 0.05) is 38.6 Å². The number of aliphatic hydroxyl groups is 1. The number of nitrogens with one attached hydrogen (secondary N) is 1. The van der Waals surface area contributed by atoms with Gasteiger partial charge in [0.05, 0.1) is 11.5 Å². The van der Waals surface area contributed by atoms with Crippen LogP contribution >= 0.6 is 0 Å². The number of aliphatic hydroxyl groups excluding tert-OH is 1. The third kappa shape index (κ3) is 5.94. The van der Waals surface area contributed by atoms with Crippen LogP contribution in [-0.2, 0) is 4.74 Å². The molecule has 0 saturated carbocycles. The summed E-state index contributed by atoms with van der Waals surface area (Å²) in [5, 5.41) is 21.7. The first kappa shape index (κ1) is 14.3. The molecule has 0 aliphatic rings. The highest BCUT2D eigenvalue weighted by Crippen LogP contribution is 2.16. The molecule has 0 unspecified atom stereocenters. The van der Waals surface area contributed by atoms with E-state index in [1.807, 2.05) is 0 Å². The van der Waals surface area contributed by atoms with E-state index in [0.717, 1.165) is 0 Å². The molecule has 0 heterocycles. The van der Waals surface area contributed by atoms with Crippen molar-refractivity contribution in [3.05, 3.63) is 34.4 Å². The zero-order valence-electron chi connectivity index (χ0n) is 9.34. The van der Waals surface area contributed by atoms with Gasteiger partial charge in [0.25, 0.3) is 5.69 Å². The average Bonchev–Trinajstić information content (AvgIpc) is 2.28. The molecule has 0 spiro atoms. The van der Waals surface area contributed by atoms with Crippen LogP contribution in [-0.4, -0.2) is 37.4 Å². The summed E-state index contributed by atoms with van der Waals surface area (Å²) in [4.78, 5) is 9.90. The summed E-state index contributed by atoms with van der Waals surface area (Å²) in [5.74, 6) is 0. The first-order chi connectivity index (χ1) is 7.65. The first-order valence-electron chi connectivity index (χ1n) is 4.65. The monoisotopic (exact) mass is 228 g/mol. The minimum absolute atomic E-state index is 0.00267. The Kier molecular flexibility index (Phi) is 7.74. The minimum Gasteiger partial charge on any atom is -0.395 e. The molecule has 0 aliphatic carbocycles. The Morgan fingerprint density at radius 2 is 2.12 bits per heavy atom. The fourth-order valence-corrected chi connectivity index (χ4v) is 0.930. The lowest BCUT2D eigenvalue weighted by molar-refractivity contribution is -0.384. The summed E-state index contributed by atoms with van der Waals surface area (Å²) in [6, 6.07) is 6.15. The molecular formula is C10H16N2O4. The van der Waals surface area contributed by atoms with E-state index in [1.165, 1.54) is 12.1 Å². The molecule has 0 radical (unpaired) electrons. The number of benzene rings is 1. The van der Waals surface area contributed by atoms with Crippen molar-refractivity contribution in [1.29, 1.82) is 0 Å². The van der Waals surface area contributed by atoms with Gasteiger partial charge in [-0.1, -0.05) is 6.07 Å². The zero-order valence-corrected chi connectivity index (χ0v) is 9.34. The topological polar surface area (TPSA) is 84.6 Å². The van der Waals surface area contributed by atoms with Crippen molar-refractivity contribution in [2.45, 2.75) is 0 Å². The van der Waals surface area contributed by atoms with Crippen LogP contribution in [0.1, 0.15) is 0 Å². The minimum atomic E-state index is -0.454. The number of methoxy groups -OCH3 is 1. The summed E-state index contributed by atoms with van der Waals surface area (Å²) >= 11 is 0. The molecule has 1 rings (SSSR count). The smallest absolute Gasteiger partial charge is 0.271 e. The van der Waals surface area contributed by atoms with Crippen LogP contribution in [0.5, 0.6) is 0 Å². The van der Waals surface area contributed by atoms with Crippen molar-refractivity contribution in [3.63, 3.8) is 0 Å². The fraction of sp³-hybridized carbons (Fsp3) is 0.400. The molecular weight excluding hydrogens is 212 g/mol. The summed E-state index contributed by atoms with van der Waals surface area (Å²) in [5.41, 5.74) is 0.686. The van der Waals surface area contributed by atoms with E-state index in [4.69, 9.17) is 5.11 Å². The Balaban J connectivity index is 0.000000673. The van der Waals surface area contributed by atoms with Crippen molar-refractivity contribution in [1.82, 2.24) is 0 Å². The van der Waals surface area contributed by atoms with E-state index in [2.05, 4.69) is 10.1 Å². The molecule has 0 saturated heterocycles. The van der Waals surface area contributed by atoms with Crippen LogP contribution in [0.15, 0.2) is 24.3 Å². The average molecular weight is 228 g/mol. The molecule has 1 aromatic carbocycles. The van der Waals surface area contributed by atoms with E-state index >= 15 is 0 Å². The van der Waals surface area contributed by atoms with Crippen LogP contribution < -0.4 is 5.32 Å². The van der Waals surface area contributed by atoms with Crippen LogP contribution in [0.2, 0.25) is 0 Å². The number of nitrogens with zero attached hydrogens (tertiary/aromatic N) is 1. The van der Waals surface area contributed by atoms with Gasteiger partial charge in [0.1, 0.15) is 0 Å². The number of nitro groups is 1. The highest BCUT2D eigenvalue weighted by Gasteiger charge is 2.04. The van der Waals surface area contributed by atoms with E-state index in [1.54, 1.807) is 26.4 Å². The number of hydrogen-bond acceptors (Lipinski definition) is 5. The van der Waals surface area contributed by atoms with Crippen molar-refractivity contribution in [3.8, 4) is 0 Å². The molecule has 90 valence electrons. The second kappa shape index (κ2) is 8.63. The molecule has 6 heteroatoms. The Hall–Kier alpha value is -1.66. The third-order valence-corrected chi connectivity index (χ3v) is 1.50. The first-order valence-corrected chi connectivity index (χ1v) is 4.65. The molecule has 0 fully saturated rings. The summed E-state index contributed by atoms with van der Waals surface area (Å²) in [6.07, 6.45) is 0. The maximum absolute atomic E-state index is 10.4. The molecule has 2 N–H and O–H groups in total. The zero-order chi connectivity index (χ0) is 12.4. The highest BCUT2D eigenvalue weighted by molar-refractivity contribution is 5.50. The van der Waals surface area contributed by atoms with Crippen molar-refractivity contribution in [2.24, 2.45) is 0 Å². The van der Waals surface area contributed by atoms with Crippen LogP contribution in [0.3, 0.4) is 0 Å². The number of anilines is 1. The van der Waals surface area contributed by atoms with Gasteiger partial charge >= 0.3 is 0 Å². The Labute approximate surface area is 94.0 Å². The molecule has 0 bridgehead atoms. The van der Waals surface area contributed by atoms with Gasteiger partial charge in [0.2, 0.25) is 0 Å². The van der Waals surface area contributed by atoms with Gasteiger partial charge in [-0.2, -0.15) is 0 Å². The van der Waals surface area contributed by atoms with Crippen molar-refractivity contribution < 1.29 is 14.8 Å². The number of hydrogen-bond donors (Lipinski definition) is 2. The quantitative estimate of drug-likeness (QED) is 0.598. The third-order valence-electron chi connectivity index (χ3n) is 1.50. The fourth-order valence-electron chi connectivity index (χ4n) is 0.930. The van der Waals surface area contributed by atoms with Crippen molar-refractivity contribution >= 4 is 11.4 Å². The largest absolute Gasteiger partial charge is 0.395 e. The van der Waals surface area contributed by atoms with Gasteiger partial charge < -0.3 is 15.2 Å². The Morgan fingerprint density at radius 1 is 1.50 bits per heavy atom. The molecule has 0 amide bonds. The normalized spacial score (nSPS) is 8.94. The summed E-state index contributed by atoms with van der Waals surface area (Å²) in [6.45, 7) is 0.393. The second-order valence-electron chi connectivity index (χ2n) is 2.87. The van der Waals surface area contributed by atoms with Gasteiger partial charge in [-0.05, 0) is 6.07 Å². The molecule has 1 aromatic rings. The van der Waals surface area contributed by atoms with E-state index < -0.39 is 4.92 Å². The lowest BCUT2D eigenvalue weighted by Gasteiger charge is -2.02. The Bertz CT molecular complexity index is 317. The second-order valence-corrected chi connectivity index (χ2v) is 2.87. The standard InChI is InChI=1S/C8H10N2O3.C2H6O/c11-5-4-9-7-2-1-3-8(6-7)10(12)13;1-3-2/h1-3,6,9,11H,4-5H2;1-2H3. The molecule has 0 aromatic heterocycles.